The van der Waals surface area contributed by atoms with Crippen LogP contribution in [0.5, 0.6) is 0 Å². The number of esters is 4. The second kappa shape index (κ2) is 69.8. The van der Waals surface area contributed by atoms with Gasteiger partial charge in [0.25, 0.3) is 0 Å². The van der Waals surface area contributed by atoms with Crippen LogP contribution in [0.15, 0.2) is 0 Å². The molecule has 0 radical (unpaired) electrons. The van der Waals surface area contributed by atoms with E-state index in [9.17, 15) is 43.2 Å². The molecule has 19 heteroatoms. The molecule has 2 unspecified atom stereocenters. The topological polar surface area (TPSA) is 237 Å². The molecule has 0 aromatic carbocycles. The second-order valence-corrected chi connectivity index (χ2v) is 32.0. The summed E-state index contributed by atoms with van der Waals surface area (Å²) in [5.74, 6) is -0.720. The first-order valence-corrected chi connectivity index (χ1v) is 43.5. The first-order valence-electron chi connectivity index (χ1n) is 40.5. The molecule has 3 N–H and O–H groups in total. The van der Waals surface area contributed by atoms with Gasteiger partial charge in [-0.25, -0.2) is 9.13 Å². The number of aliphatic hydroxyl groups excluding tert-OH is 1. The van der Waals surface area contributed by atoms with E-state index in [1.807, 2.05) is 0 Å². The van der Waals surface area contributed by atoms with Gasteiger partial charge in [0.15, 0.2) is 12.2 Å². The lowest BCUT2D eigenvalue weighted by molar-refractivity contribution is -0.161. The number of ether oxygens (including phenoxy) is 4. The Morgan fingerprint density at radius 2 is 0.474 bits per heavy atom. The van der Waals surface area contributed by atoms with Gasteiger partial charge >= 0.3 is 39.5 Å². The van der Waals surface area contributed by atoms with Crippen molar-refractivity contribution in [1.82, 2.24) is 0 Å². The number of unbranched alkanes of at least 4 members (excludes halogenated alkanes) is 47. The van der Waals surface area contributed by atoms with Crippen LogP contribution >= 0.6 is 15.6 Å². The van der Waals surface area contributed by atoms with E-state index in [4.69, 9.17) is 37.0 Å². The lowest BCUT2D eigenvalue weighted by atomic mass is 10.0. The number of carbonyl (C=O) groups is 4. The minimum Gasteiger partial charge on any atom is -0.462 e. The van der Waals surface area contributed by atoms with Gasteiger partial charge in [0, 0.05) is 25.7 Å². The fourth-order valence-electron chi connectivity index (χ4n) is 12.0. The number of hydrogen-bond donors (Lipinski definition) is 3. The normalized spacial score (nSPS) is 14.0. The number of rotatable bonds is 77. The van der Waals surface area contributed by atoms with E-state index < -0.39 is 97.5 Å². The molecule has 0 rings (SSSR count). The van der Waals surface area contributed by atoms with Crippen molar-refractivity contribution in [3.63, 3.8) is 0 Å². The lowest BCUT2D eigenvalue weighted by Gasteiger charge is -2.21. The Bertz CT molecular complexity index is 1870. The summed E-state index contributed by atoms with van der Waals surface area (Å²) in [4.78, 5) is 72.8. The minimum atomic E-state index is -4.96. The quantitative estimate of drug-likeness (QED) is 0.0222. The highest BCUT2D eigenvalue weighted by atomic mass is 31.2. The van der Waals surface area contributed by atoms with E-state index in [1.165, 1.54) is 218 Å². The molecule has 0 saturated heterocycles. The maximum absolute atomic E-state index is 13.1. The Morgan fingerprint density at radius 1 is 0.278 bits per heavy atom. The first-order chi connectivity index (χ1) is 46.9. The van der Waals surface area contributed by atoms with Gasteiger partial charge in [-0.3, -0.25) is 37.3 Å². The number of aliphatic hydroxyl groups is 1. The SMILES string of the molecule is CCCCCCCCCCCCCCCCCCCCCC(=O)O[C@H](COC(=O)CCCCCCCCCCCCCCCCCCCC)COP(=O)(O)OC[C@@H](O)COP(=O)(O)OC[C@@H](COC(=O)CCCCCCCCC(C)C)OC(=O)CCCCCCCCCCC(C)C. The van der Waals surface area contributed by atoms with Gasteiger partial charge in [0.05, 0.1) is 26.4 Å². The van der Waals surface area contributed by atoms with Crippen LogP contribution in [0.4, 0.5) is 0 Å². The Morgan fingerprint density at radius 3 is 0.701 bits per heavy atom. The molecule has 0 spiro atoms. The van der Waals surface area contributed by atoms with Crippen LogP contribution in [-0.4, -0.2) is 96.7 Å². The molecular weight excluding hydrogens is 1270 g/mol. The van der Waals surface area contributed by atoms with Crippen molar-refractivity contribution in [1.29, 1.82) is 0 Å². The number of phosphoric acid groups is 2. The molecule has 576 valence electrons. The van der Waals surface area contributed by atoms with Crippen molar-refractivity contribution in [3.05, 3.63) is 0 Å². The Kier molecular flexibility index (Phi) is 68.4. The minimum absolute atomic E-state index is 0.104. The van der Waals surface area contributed by atoms with Crippen molar-refractivity contribution < 1.29 is 80.2 Å². The molecule has 0 amide bonds. The highest BCUT2D eigenvalue weighted by molar-refractivity contribution is 7.47. The van der Waals surface area contributed by atoms with Crippen molar-refractivity contribution >= 4 is 39.5 Å². The van der Waals surface area contributed by atoms with Crippen LogP contribution in [-0.2, 0) is 65.4 Å². The molecule has 0 bridgehead atoms. The number of carbonyl (C=O) groups excluding carboxylic acids is 4. The largest absolute Gasteiger partial charge is 0.472 e. The summed E-state index contributed by atoms with van der Waals surface area (Å²) in [5.41, 5.74) is 0. The molecule has 5 atom stereocenters. The van der Waals surface area contributed by atoms with E-state index in [-0.39, 0.29) is 25.7 Å². The van der Waals surface area contributed by atoms with E-state index in [1.54, 1.807) is 0 Å². The molecular formula is C78H152O17P2. The molecule has 0 fully saturated rings. The molecule has 0 aromatic rings. The summed E-state index contributed by atoms with van der Waals surface area (Å²) >= 11 is 0. The maximum atomic E-state index is 13.1. The van der Waals surface area contributed by atoms with Crippen LogP contribution in [0.25, 0.3) is 0 Å². The monoisotopic (exact) mass is 1420 g/mol. The van der Waals surface area contributed by atoms with Crippen LogP contribution in [0.1, 0.15) is 408 Å². The van der Waals surface area contributed by atoms with Crippen LogP contribution < -0.4 is 0 Å². The third-order valence-electron chi connectivity index (χ3n) is 18.2. The Hall–Kier alpha value is -1.94. The van der Waals surface area contributed by atoms with Gasteiger partial charge in [-0.05, 0) is 37.5 Å². The van der Waals surface area contributed by atoms with Gasteiger partial charge in [-0.1, -0.05) is 356 Å². The van der Waals surface area contributed by atoms with E-state index >= 15 is 0 Å². The molecule has 17 nitrogen and oxygen atoms in total. The first kappa shape index (κ1) is 95.1. The average molecular weight is 1420 g/mol. The highest BCUT2D eigenvalue weighted by Gasteiger charge is 2.30. The van der Waals surface area contributed by atoms with E-state index in [0.717, 1.165) is 102 Å². The summed E-state index contributed by atoms with van der Waals surface area (Å²) in [6, 6.07) is 0. The standard InChI is InChI=1S/C78H152O17P2/c1-7-9-11-13-15-17-19-21-23-25-27-29-31-33-35-37-42-50-56-62-77(82)94-73(66-88-75(80)60-54-48-41-36-34-32-30-28-26-24-22-20-18-16-14-12-10-8-2)68-92-96(84,85)90-64-72(79)65-91-97(86,87)93-69-74(67-89-76(81)61-55-49-45-44-47-53-59-71(5)6)95-78(83)63-57-51-43-39-38-40-46-52-58-70(3)4/h70-74,79H,7-69H2,1-6H3,(H,84,85)(H,86,87)/t72-,73-,74-/m1/s1. The summed E-state index contributed by atoms with van der Waals surface area (Å²) < 4.78 is 68.5. The lowest BCUT2D eigenvalue weighted by Crippen LogP contribution is -2.30. The molecule has 0 aliphatic rings. The van der Waals surface area contributed by atoms with E-state index in [2.05, 4.69) is 41.5 Å². The summed E-state index contributed by atoms with van der Waals surface area (Å²) in [6.45, 7) is 9.48. The molecule has 97 heavy (non-hydrogen) atoms. The molecule has 0 saturated carbocycles. The van der Waals surface area contributed by atoms with Crippen molar-refractivity contribution in [2.45, 2.75) is 426 Å². The van der Waals surface area contributed by atoms with Crippen LogP contribution in [0.3, 0.4) is 0 Å². The van der Waals surface area contributed by atoms with Crippen molar-refractivity contribution in [2.24, 2.45) is 11.8 Å². The predicted octanol–water partition coefficient (Wildman–Crippen LogP) is 23.1. The number of phosphoric ester groups is 2. The summed E-state index contributed by atoms with van der Waals surface area (Å²) in [6.07, 6.45) is 58.6. The fraction of sp³-hybridized carbons (Fsp3) is 0.949. The molecule has 0 aromatic heterocycles. The molecule has 0 aliphatic carbocycles. The van der Waals surface area contributed by atoms with Gasteiger partial charge < -0.3 is 33.8 Å². The highest BCUT2D eigenvalue weighted by Crippen LogP contribution is 2.45. The zero-order valence-electron chi connectivity index (χ0n) is 63.4. The number of hydrogen-bond acceptors (Lipinski definition) is 15. The zero-order valence-corrected chi connectivity index (χ0v) is 65.2. The van der Waals surface area contributed by atoms with Crippen molar-refractivity contribution in [3.8, 4) is 0 Å². The Balaban J connectivity index is 5.20. The van der Waals surface area contributed by atoms with Gasteiger partial charge in [0.1, 0.15) is 19.3 Å². The second-order valence-electron chi connectivity index (χ2n) is 29.1. The third kappa shape index (κ3) is 72.2. The van der Waals surface area contributed by atoms with Crippen LogP contribution in [0.2, 0.25) is 0 Å². The molecule has 0 aliphatic heterocycles. The maximum Gasteiger partial charge on any atom is 0.472 e. The van der Waals surface area contributed by atoms with Crippen LogP contribution in [0, 0.1) is 11.8 Å². The van der Waals surface area contributed by atoms with Gasteiger partial charge in [0.2, 0.25) is 0 Å². The fourth-order valence-corrected chi connectivity index (χ4v) is 13.6. The third-order valence-corrected chi connectivity index (χ3v) is 20.1. The van der Waals surface area contributed by atoms with Crippen molar-refractivity contribution in [2.75, 3.05) is 39.6 Å². The summed E-state index contributed by atoms with van der Waals surface area (Å²) in [7, 11) is -9.91. The van der Waals surface area contributed by atoms with E-state index in [0.29, 0.717) is 31.6 Å². The molecule has 0 heterocycles. The summed E-state index contributed by atoms with van der Waals surface area (Å²) in [5, 5.41) is 10.6. The smallest absolute Gasteiger partial charge is 0.462 e. The Labute approximate surface area is 594 Å². The van der Waals surface area contributed by atoms with Gasteiger partial charge in [-0.15, -0.1) is 0 Å². The zero-order chi connectivity index (χ0) is 71.4. The predicted molar refractivity (Wildman–Crippen MR) is 395 cm³/mol. The average Bonchev–Trinajstić information content (AvgIpc) is 1.23. The van der Waals surface area contributed by atoms with Gasteiger partial charge in [-0.2, -0.15) is 0 Å².